The van der Waals surface area contributed by atoms with Gasteiger partial charge in [-0.05, 0) is 24.8 Å². The molecule has 0 saturated heterocycles. The lowest BCUT2D eigenvalue weighted by Gasteiger charge is -2.15. The smallest absolute Gasteiger partial charge is 0.0454 e. The molecule has 18 heavy (non-hydrogen) atoms. The van der Waals surface area contributed by atoms with Crippen LogP contribution in [-0.2, 0) is 0 Å². The largest absolute Gasteiger partial charge is 0.142 e. The van der Waals surface area contributed by atoms with Crippen molar-refractivity contribution >= 4 is 23.1 Å². The van der Waals surface area contributed by atoms with Crippen LogP contribution < -0.4 is 0 Å². The van der Waals surface area contributed by atoms with E-state index >= 15 is 0 Å². The molecule has 1 rings (SSSR count). The van der Waals surface area contributed by atoms with Gasteiger partial charge in [0.15, 0.2) is 0 Å². The predicted octanol–water partition coefficient (Wildman–Crippen LogP) is 6.42. The highest BCUT2D eigenvalue weighted by Gasteiger charge is 2.09. The van der Waals surface area contributed by atoms with Crippen molar-refractivity contribution in [1.29, 1.82) is 0 Å². The molecule has 0 bridgehead atoms. The molecule has 0 fully saturated rings. The Bertz CT molecular complexity index is 267. The zero-order valence-electron chi connectivity index (χ0n) is 11.9. The number of hydrogen-bond donors (Lipinski definition) is 0. The standard InChI is InChI=1S/C16H27S2/c1-3-5-7-8-10-15(9-6-4-2)13-18-16-11-12-17-14-16/h11,14-15H,3-10,13H2,1-2H3. The fourth-order valence-corrected chi connectivity index (χ4v) is 4.01. The van der Waals surface area contributed by atoms with Crippen molar-refractivity contribution in [1.82, 2.24) is 0 Å². The fraction of sp³-hybridized carbons (Fsp3) is 0.750. The first-order valence-electron chi connectivity index (χ1n) is 7.44. The van der Waals surface area contributed by atoms with E-state index in [1.807, 2.05) is 11.8 Å². The average molecular weight is 284 g/mol. The van der Waals surface area contributed by atoms with Crippen LogP contribution >= 0.6 is 23.1 Å². The lowest BCUT2D eigenvalue weighted by atomic mass is 9.97. The Hall–Kier alpha value is 0.0500. The lowest BCUT2D eigenvalue weighted by molar-refractivity contribution is 0.451. The highest BCUT2D eigenvalue weighted by Crippen LogP contribution is 2.27. The zero-order chi connectivity index (χ0) is 13.1. The number of thiophene rings is 1. The monoisotopic (exact) mass is 283 g/mol. The second kappa shape index (κ2) is 10.9. The number of rotatable bonds is 11. The summed E-state index contributed by atoms with van der Waals surface area (Å²) >= 11 is 3.72. The Kier molecular flexibility index (Phi) is 9.78. The molecule has 1 aromatic rings. The SMILES string of the molecule is CCCCCCC(CCCC)CSc1c[c]sc1. The Morgan fingerprint density at radius 2 is 1.89 bits per heavy atom. The van der Waals surface area contributed by atoms with Gasteiger partial charge < -0.3 is 0 Å². The van der Waals surface area contributed by atoms with Gasteiger partial charge >= 0.3 is 0 Å². The minimum absolute atomic E-state index is 0.923. The lowest BCUT2D eigenvalue weighted by Crippen LogP contribution is -2.04. The van der Waals surface area contributed by atoms with Crippen LogP contribution in [-0.4, -0.2) is 5.75 Å². The van der Waals surface area contributed by atoms with Crippen molar-refractivity contribution in [3.8, 4) is 0 Å². The topological polar surface area (TPSA) is 0 Å². The summed E-state index contributed by atoms with van der Waals surface area (Å²) in [5.74, 6) is 2.23. The van der Waals surface area contributed by atoms with E-state index < -0.39 is 0 Å². The van der Waals surface area contributed by atoms with Crippen LogP contribution in [0, 0.1) is 11.3 Å². The molecule has 2 heteroatoms. The maximum absolute atomic E-state index is 3.18. The summed E-state index contributed by atoms with van der Waals surface area (Å²) in [6.45, 7) is 4.59. The summed E-state index contributed by atoms with van der Waals surface area (Å²) in [6, 6.07) is 2.13. The Morgan fingerprint density at radius 3 is 2.56 bits per heavy atom. The minimum Gasteiger partial charge on any atom is -0.142 e. The van der Waals surface area contributed by atoms with Crippen molar-refractivity contribution < 1.29 is 0 Å². The van der Waals surface area contributed by atoms with E-state index in [-0.39, 0.29) is 0 Å². The van der Waals surface area contributed by atoms with Gasteiger partial charge in [0.05, 0.1) is 0 Å². The van der Waals surface area contributed by atoms with Crippen molar-refractivity contribution in [2.24, 2.45) is 5.92 Å². The van der Waals surface area contributed by atoms with E-state index in [2.05, 4.69) is 30.7 Å². The van der Waals surface area contributed by atoms with Gasteiger partial charge in [-0.3, -0.25) is 0 Å². The molecule has 0 aliphatic carbocycles. The number of hydrogen-bond acceptors (Lipinski definition) is 2. The van der Waals surface area contributed by atoms with E-state index in [0.29, 0.717) is 0 Å². The van der Waals surface area contributed by atoms with Crippen LogP contribution in [0.3, 0.4) is 0 Å². The van der Waals surface area contributed by atoms with Crippen molar-refractivity contribution in [3.63, 3.8) is 0 Å². The molecule has 1 aromatic heterocycles. The van der Waals surface area contributed by atoms with Gasteiger partial charge in [-0.1, -0.05) is 52.4 Å². The molecule has 1 atom stereocenters. The van der Waals surface area contributed by atoms with Crippen LogP contribution in [0.2, 0.25) is 0 Å². The van der Waals surface area contributed by atoms with Crippen molar-refractivity contribution in [2.75, 3.05) is 5.75 Å². The Labute approximate surface area is 122 Å². The normalized spacial score (nSPS) is 12.8. The molecule has 1 radical (unpaired) electrons. The molecule has 0 spiro atoms. The minimum atomic E-state index is 0.923. The summed E-state index contributed by atoms with van der Waals surface area (Å²) < 4.78 is 0. The average Bonchev–Trinajstić information content (AvgIpc) is 2.90. The van der Waals surface area contributed by atoms with E-state index in [4.69, 9.17) is 0 Å². The van der Waals surface area contributed by atoms with Crippen LogP contribution in [0.1, 0.15) is 65.2 Å². The summed E-state index contributed by atoms with van der Waals surface area (Å²) in [7, 11) is 0. The maximum atomic E-state index is 3.18. The molecule has 1 unspecified atom stereocenters. The van der Waals surface area contributed by atoms with E-state index in [1.54, 1.807) is 11.3 Å². The summed E-state index contributed by atoms with van der Waals surface area (Å²) in [4.78, 5) is 1.41. The molecule has 1 heterocycles. The molecule has 0 N–H and O–H groups in total. The molecular weight excluding hydrogens is 256 g/mol. The molecule has 0 aliphatic heterocycles. The van der Waals surface area contributed by atoms with Gasteiger partial charge in [-0.2, -0.15) is 0 Å². The number of unbranched alkanes of at least 4 members (excludes halogenated alkanes) is 4. The van der Waals surface area contributed by atoms with E-state index in [1.165, 1.54) is 62.0 Å². The van der Waals surface area contributed by atoms with Crippen molar-refractivity contribution in [2.45, 2.75) is 70.1 Å². The highest BCUT2D eigenvalue weighted by atomic mass is 32.2. The Balaban J connectivity index is 2.21. The van der Waals surface area contributed by atoms with Gasteiger partial charge in [-0.15, -0.1) is 23.1 Å². The van der Waals surface area contributed by atoms with Crippen LogP contribution in [0.5, 0.6) is 0 Å². The van der Waals surface area contributed by atoms with Gasteiger partial charge in [-0.25, -0.2) is 0 Å². The third-order valence-electron chi connectivity index (χ3n) is 3.36. The first-order valence-corrected chi connectivity index (χ1v) is 9.30. The first kappa shape index (κ1) is 16.1. The molecular formula is C16H27S2. The molecule has 103 valence electrons. The quantitative estimate of drug-likeness (QED) is 0.333. The van der Waals surface area contributed by atoms with Crippen molar-refractivity contribution in [3.05, 3.63) is 16.8 Å². The zero-order valence-corrected chi connectivity index (χ0v) is 13.5. The van der Waals surface area contributed by atoms with Crippen LogP contribution in [0.25, 0.3) is 0 Å². The van der Waals surface area contributed by atoms with Crippen LogP contribution in [0.4, 0.5) is 0 Å². The molecule has 0 nitrogen and oxygen atoms in total. The molecule has 0 amide bonds. The van der Waals surface area contributed by atoms with Crippen LogP contribution in [0.15, 0.2) is 16.3 Å². The molecule has 0 aromatic carbocycles. The second-order valence-corrected chi connectivity index (χ2v) is 6.87. The summed E-state index contributed by atoms with van der Waals surface area (Å²) in [5, 5.41) is 5.40. The first-order chi connectivity index (χ1) is 8.86. The summed E-state index contributed by atoms with van der Waals surface area (Å²) in [5.41, 5.74) is 0. The highest BCUT2D eigenvalue weighted by molar-refractivity contribution is 7.99. The fourth-order valence-electron chi connectivity index (χ4n) is 2.17. The van der Waals surface area contributed by atoms with E-state index in [9.17, 15) is 0 Å². The molecule has 0 aliphatic rings. The second-order valence-electron chi connectivity index (χ2n) is 5.07. The predicted molar refractivity (Wildman–Crippen MR) is 85.7 cm³/mol. The third-order valence-corrected chi connectivity index (χ3v) is 5.34. The van der Waals surface area contributed by atoms with Gasteiger partial charge in [0.1, 0.15) is 0 Å². The Morgan fingerprint density at radius 1 is 1.11 bits per heavy atom. The maximum Gasteiger partial charge on any atom is 0.0454 e. The third kappa shape index (κ3) is 7.48. The summed E-state index contributed by atoms with van der Waals surface area (Å²) in [6.07, 6.45) is 11.2. The van der Waals surface area contributed by atoms with Gasteiger partial charge in [0, 0.05) is 21.4 Å². The van der Waals surface area contributed by atoms with E-state index in [0.717, 1.165) is 5.92 Å². The van der Waals surface area contributed by atoms with Gasteiger partial charge in [0.2, 0.25) is 0 Å². The van der Waals surface area contributed by atoms with Gasteiger partial charge in [0.25, 0.3) is 0 Å². The number of thioether (sulfide) groups is 1. The molecule has 0 saturated carbocycles.